The zero-order valence-corrected chi connectivity index (χ0v) is 8.04. The molecule has 0 aromatic rings. The first-order chi connectivity index (χ1) is 5.50. The number of nitrogens with zero attached hydrogens (tertiary/aromatic N) is 1. The van der Waals surface area contributed by atoms with Crippen LogP contribution in [0.1, 0.15) is 33.6 Å². The minimum absolute atomic E-state index is 0.224. The molecule has 0 saturated heterocycles. The van der Waals surface area contributed by atoms with Crippen LogP contribution in [0.15, 0.2) is 0 Å². The molecule has 0 bridgehead atoms. The summed E-state index contributed by atoms with van der Waals surface area (Å²) in [6.07, 6.45) is 1.27. The molecule has 0 aliphatic heterocycles. The lowest BCUT2D eigenvalue weighted by Crippen LogP contribution is -2.03. The highest BCUT2D eigenvalue weighted by atomic mass is 16.3. The standard InChI is InChI=1S/C10H17NO/c1-7(12)6-9-8(4-5-11)10(9,2)3/h7-9,12H,4,6H2,1-3H3/t7-,8-,9+/m1/s1. The molecule has 1 aliphatic rings. The summed E-state index contributed by atoms with van der Waals surface area (Å²) in [6, 6.07) is 2.21. The van der Waals surface area contributed by atoms with Crippen LogP contribution in [0.3, 0.4) is 0 Å². The van der Waals surface area contributed by atoms with E-state index in [0.717, 1.165) is 6.42 Å². The van der Waals surface area contributed by atoms with Crippen molar-refractivity contribution in [1.29, 1.82) is 5.26 Å². The second-order valence-corrected chi connectivity index (χ2v) is 4.48. The van der Waals surface area contributed by atoms with E-state index in [4.69, 9.17) is 5.26 Å². The highest BCUT2D eigenvalue weighted by Crippen LogP contribution is 2.61. The van der Waals surface area contributed by atoms with Gasteiger partial charge in [0.15, 0.2) is 0 Å². The van der Waals surface area contributed by atoms with Gasteiger partial charge in [0.1, 0.15) is 0 Å². The van der Waals surface area contributed by atoms with Crippen LogP contribution in [-0.4, -0.2) is 11.2 Å². The number of hydrogen-bond donors (Lipinski definition) is 1. The highest BCUT2D eigenvalue weighted by molar-refractivity contribution is 5.07. The maximum atomic E-state index is 9.20. The second kappa shape index (κ2) is 3.06. The van der Waals surface area contributed by atoms with Gasteiger partial charge in [-0.15, -0.1) is 0 Å². The Bertz CT molecular complexity index is 202. The summed E-state index contributed by atoms with van der Waals surface area (Å²) >= 11 is 0. The van der Waals surface area contributed by atoms with Crippen molar-refractivity contribution in [1.82, 2.24) is 0 Å². The van der Waals surface area contributed by atoms with E-state index in [1.54, 1.807) is 0 Å². The maximum absolute atomic E-state index is 9.20. The van der Waals surface area contributed by atoms with Gasteiger partial charge in [-0.1, -0.05) is 13.8 Å². The molecule has 0 heterocycles. The van der Waals surface area contributed by atoms with Crippen LogP contribution in [-0.2, 0) is 0 Å². The molecule has 0 unspecified atom stereocenters. The van der Waals surface area contributed by atoms with Gasteiger partial charge in [0.2, 0.25) is 0 Å². The number of aliphatic hydroxyl groups is 1. The van der Waals surface area contributed by atoms with Gasteiger partial charge >= 0.3 is 0 Å². The van der Waals surface area contributed by atoms with Crippen LogP contribution >= 0.6 is 0 Å². The van der Waals surface area contributed by atoms with E-state index < -0.39 is 0 Å². The van der Waals surface area contributed by atoms with Gasteiger partial charge in [-0.3, -0.25) is 0 Å². The van der Waals surface area contributed by atoms with Crippen LogP contribution < -0.4 is 0 Å². The Morgan fingerprint density at radius 1 is 1.50 bits per heavy atom. The first-order valence-corrected chi connectivity index (χ1v) is 4.55. The molecule has 68 valence electrons. The van der Waals surface area contributed by atoms with E-state index in [-0.39, 0.29) is 11.5 Å². The lowest BCUT2D eigenvalue weighted by atomic mass is 10.1. The number of rotatable bonds is 3. The fourth-order valence-electron chi connectivity index (χ4n) is 2.20. The number of nitriles is 1. The van der Waals surface area contributed by atoms with Crippen molar-refractivity contribution in [2.24, 2.45) is 17.3 Å². The largest absolute Gasteiger partial charge is 0.393 e. The Morgan fingerprint density at radius 2 is 2.08 bits per heavy atom. The first-order valence-electron chi connectivity index (χ1n) is 4.55. The number of hydrogen-bond acceptors (Lipinski definition) is 2. The van der Waals surface area contributed by atoms with Crippen LogP contribution in [0.4, 0.5) is 0 Å². The highest BCUT2D eigenvalue weighted by Gasteiger charge is 2.56. The normalized spacial score (nSPS) is 33.9. The van der Waals surface area contributed by atoms with Crippen molar-refractivity contribution in [3.63, 3.8) is 0 Å². The molecular weight excluding hydrogens is 150 g/mol. The third kappa shape index (κ3) is 1.61. The van der Waals surface area contributed by atoms with Crippen molar-refractivity contribution < 1.29 is 5.11 Å². The van der Waals surface area contributed by atoms with Gasteiger partial charge in [-0.2, -0.15) is 5.26 Å². The zero-order valence-electron chi connectivity index (χ0n) is 8.04. The van der Waals surface area contributed by atoms with E-state index in [0.29, 0.717) is 18.3 Å². The summed E-state index contributed by atoms with van der Waals surface area (Å²) in [5, 5.41) is 17.7. The smallest absolute Gasteiger partial charge is 0.0624 e. The van der Waals surface area contributed by atoms with Gasteiger partial charge in [-0.25, -0.2) is 0 Å². The van der Waals surface area contributed by atoms with Crippen LogP contribution in [0.5, 0.6) is 0 Å². The van der Waals surface area contributed by atoms with Gasteiger partial charge in [0, 0.05) is 6.42 Å². The van der Waals surface area contributed by atoms with Crippen molar-refractivity contribution in [3.8, 4) is 6.07 Å². The predicted molar refractivity (Wildman–Crippen MR) is 47.3 cm³/mol. The third-order valence-corrected chi connectivity index (χ3v) is 3.19. The van der Waals surface area contributed by atoms with Gasteiger partial charge < -0.3 is 5.11 Å². The maximum Gasteiger partial charge on any atom is 0.0624 e. The van der Waals surface area contributed by atoms with E-state index in [9.17, 15) is 5.11 Å². The monoisotopic (exact) mass is 167 g/mol. The molecule has 0 aromatic heterocycles. The molecule has 0 amide bonds. The fourth-order valence-corrected chi connectivity index (χ4v) is 2.20. The van der Waals surface area contributed by atoms with Crippen molar-refractivity contribution in [3.05, 3.63) is 0 Å². The Hall–Kier alpha value is -0.550. The molecule has 3 atom stereocenters. The molecular formula is C10H17NO. The van der Waals surface area contributed by atoms with Crippen molar-refractivity contribution >= 4 is 0 Å². The molecule has 1 rings (SSSR count). The molecule has 12 heavy (non-hydrogen) atoms. The summed E-state index contributed by atoms with van der Waals surface area (Å²) in [5.41, 5.74) is 0.284. The Labute approximate surface area is 74.2 Å². The quantitative estimate of drug-likeness (QED) is 0.698. The van der Waals surface area contributed by atoms with E-state index in [2.05, 4.69) is 19.9 Å². The minimum Gasteiger partial charge on any atom is -0.393 e. The third-order valence-electron chi connectivity index (χ3n) is 3.19. The topological polar surface area (TPSA) is 44.0 Å². The summed E-state index contributed by atoms with van der Waals surface area (Å²) in [6.45, 7) is 6.18. The van der Waals surface area contributed by atoms with E-state index >= 15 is 0 Å². The second-order valence-electron chi connectivity index (χ2n) is 4.48. The van der Waals surface area contributed by atoms with E-state index in [1.165, 1.54) is 0 Å². The minimum atomic E-state index is -0.224. The lowest BCUT2D eigenvalue weighted by Gasteiger charge is -2.04. The summed E-state index contributed by atoms with van der Waals surface area (Å²) < 4.78 is 0. The molecule has 1 saturated carbocycles. The van der Waals surface area contributed by atoms with Gasteiger partial charge in [-0.05, 0) is 30.6 Å². The molecule has 2 heteroatoms. The Balaban J connectivity index is 2.44. The van der Waals surface area contributed by atoms with Crippen LogP contribution in [0, 0.1) is 28.6 Å². The molecule has 2 nitrogen and oxygen atoms in total. The van der Waals surface area contributed by atoms with E-state index in [1.807, 2.05) is 6.92 Å². The molecule has 1 fully saturated rings. The van der Waals surface area contributed by atoms with Crippen LogP contribution in [0.2, 0.25) is 0 Å². The lowest BCUT2D eigenvalue weighted by molar-refractivity contribution is 0.170. The molecule has 0 spiro atoms. The van der Waals surface area contributed by atoms with Crippen molar-refractivity contribution in [2.75, 3.05) is 0 Å². The zero-order chi connectivity index (χ0) is 9.35. The average molecular weight is 167 g/mol. The number of aliphatic hydroxyl groups excluding tert-OH is 1. The molecule has 0 radical (unpaired) electrons. The van der Waals surface area contributed by atoms with Crippen LogP contribution in [0.25, 0.3) is 0 Å². The summed E-state index contributed by atoms with van der Waals surface area (Å²) in [7, 11) is 0. The summed E-state index contributed by atoms with van der Waals surface area (Å²) in [5.74, 6) is 1.06. The Morgan fingerprint density at radius 3 is 2.50 bits per heavy atom. The SMILES string of the molecule is C[C@@H](O)C[C@H]1[C@@H](CC#N)C1(C)C. The summed E-state index contributed by atoms with van der Waals surface area (Å²) in [4.78, 5) is 0. The molecule has 1 aliphatic carbocycles. The molecule has 0 aromatic carbocycles. The fraction of sp³-hybridized carbons (Fsp3) is 0.900. The first kappa shape index (κ1) is 9.54. The average Bonchev–Trinajstić information content (AvgIpc) is 2.39. The van der Waals surface area contributed by atoms with Gasteiger partial charge in [0.05, 0.1) is 12.2 Å². The Kier molecular flexibility index (Phi) is 2.44. The molecule has 1 N–H and O–H groups in total. The van der Waals surface area contributed by atoms with Gasteiger partial charge in [0.25, 0.3) is 0 Å². The van der Waals surface area contributed by atoms with Crippen molar-refractivity contribution in [2.45, 2.75) is 39.7 Å². The predicted octanol–water partition coefficient (Wildman–Crippen LogP) is 1.94.